The van der Waals surface area contributed by atoms with E-state index in [1.54, 1.807) is 24.6 Å². The molecular formula is C14H15FN2O2S. The first-order valence-electron chi connectivity index (χ1n) is 6.24. The van der Waals surface area contributed by atoms with E-state index >= 15 is 0 Å². The molecule has 0 aliphatic rings. The van der Waals surface area contributed by atoms with Gasteiger partial charge in [-0.05, 0) is 24.6 Å². The molecular weight excluding hydrogens is 279 g/mol. The summed E-state index contributed by atoms with van der Waals surface area (Å²) in [6.07, 6.45) is 0.239. The zero-order valence-electron chi connectivity index (χ0n) is 11.1. The summed E-state index contributed by atoms with van der Waals surface area (Å²) in [5.74, 6) is -0.326. The van der Waals surface area contributed by atoms with E-state index in [1.807, 2.05) is 5.38 Å². The lowest BCUT2D eigenvalue weighted by molar-refractivity contribution is -0.120. The van der Waals surface area contributed by atoms with Crippen molar-refractivity contribution in [3.05, 3.63) is 46.2 Å². The van der Waals surface area contributed by atoms with Gasteiger partial charge in [0.15, 0.2) is 11.6 Å². The smallest absolute Gasteiger partial charge is 0.226 e. The Balaban J connectivity index is 1.87. The third-order valence-electron chi connectivity index (χ3n) is 2.61. The van der Waals surface area contributed by atoms with Gasteiger partial charge in [-0.15, -0.1) is 11.3 Å². The van der Waals surface area contributed by atoms with Crippen LogP contribution < -0.4 is 10.1 Å². The van der Waals surface area contributed by atoms with Crippen LogP contribution in [0.2, 0.25) is 0 Å². The topological polar surface area (TPSA) is 51.2 Å². The summed E-state index contributed by atoms with van der Waals surface area (Å²) in [6.45, 7) is 2.50. The third-order valence-corrected chi connectivity index (χ3v) is 3.25. The number of halogens is 1. The molecule has 2 aromatic rings. The van der Waals surface area contributed by atoms with Crippen molar-refractivity contribution in [2.75, 3.05) is 6.61 Å². The van der Waals surface area contributed by atoms with Crippen molar-refractivity contribution in [1.82, 2.24) is 10.3 Å². The minimum Gasteiger partial charge on any atom is -0.491 e. The third kappa shape index (κ3) is 4.03. The Morgan fingerprint density at radius 1 is 1.50 bits per heavy atom. The fourth-order valence-electron chi connectivity index (χ4n) is 1.68. The maximum atomic E-state index is 13.6. The average Bonchev–Trinajstić information content (AvgIpc) is 2.92. The maximum absolute atomic E-state index is 13.6. The first kappa shape index (κ1) is 14.5. The van der Waals surface area contributed by atoms with Crippen molar-refractivity contribution in [3.63, 3.8) is 0 Å². The highest BCUT2D eigenvalue weighted by Gasteiger charge is 2.07. The zero-order chi connectivity index (χ0) is 14.4. The fourth-order valence-corrected chi connectivity index (χ4v) is 2.24. The first-order chi connectivity index (χ1) is 9.69. The number of ether oxygens (including phenoxy) is 1. The van der Waals surface area contributed by atoms with Crippen molar-refractivity contribution in [2.24, 2.45) is 0 Å². The van der Waals surface area contributed by atoms with E-state index < -0.39 is 5.82 Å². The summed E-state index contributed by atoms with van der Waals surface area (Å²) in [6, 6.07) is 4.67. The Kier molecular flexibility index (Phi) is 5.06. The van der Waals surface area contributed by atoms with Crippen LogP contribution in [0.3, 0.4) is 0 Å². The van der Waals surface area contributed by atoms with Crippen LogP contribution >= 0.6 is 11.3 Å². The number of benzene rings is 1. The van der Waals surface area contributed by atoms with E-state index in [1.165, 1.54) is 17.4 Å². The van der Waals surface area contributed by atoms with Crippen LogP contribution in [0.15, 0.2) is 29.1 Å². The lowest BCUT2D eigenvalue weighted by atomic mass is 10.2. The molecule has 1 heterocycles. The van der Waals surface area contributed by atoms with Gasteiger partial charge in [-0.2, -0.15) is 0 Å². The molecule has 0 spiro atoms. The van der Waals surface area contributed by atoms with E-state index in [0.29, 0.717) is 12.2 Å². The summed E-state index contributed by atoms with van der Waals surface area (Å²) >= 11 is 1.45. The number of hydrogen-bond donors (Lipinski definition) is 1. The lowest BCUT2D eigenvalue weighted by Crippen LogP contribution is -2.24. The minimum atomic E-state index is -0.418. The summed E-state index contributed by atoms with van der Waals surface area (Å²) in [4.78, 5) is 15.7. The summed E-state index contributed by atoms with van der Waals surface area (Å²) in [7, 11) is 0. The van der Waals surface area contributed by atoms with Crippen molar-refractivity contribution in [2.45, 2.75) is 19.9 Å². The van der Waals surface area contributed by atoms with Crippen LogP contribution in [-0.4, -0.2) is 17.5 Å². The van der Waals surface area contributed by atoms with E-state index in [0.717, 1.165) is 5.69 Å². The molecule has 20 heavy (non-hydrogen) atoms. The highest BCUT2D eigenvalue weighted by molar-refractivity contribution is 7.07. The van der Waals surface area contributed by atoms with Crippen LogP contribution in [0.25, 0.3) is 0 Å². The molecule has 1 amide bonds. The predicted molar refractivity (Wildman–Crippen MR) is 75.2 cm³/mol. The zero-order valence-corrected chi connectivity index (χ0v) is 11.9. The summed E-state index contributed by atoms with van der Waals surface area (Å²) in [5, 5.41) is 4.56. The van der Waals surface area contributed by atoms with Crippen LogP contribution in [0.5, 0.6) is 5.75 Å². The second-order valence-corrected chi connectivity index (χ2v) is 4.85. The molecule has 4 nitrogen and oxygen atoms in total. The molecule has 106 valence electrons. The molecule has 0 unspecified atom stereocenters. The monoisotopic (exact) mass is 294 g/mol. The van der Waals surface area contributed by atoms with E-state index in [-0.39, 0.29) is 24.6 Å². The number of aromatic nitrogens is 1. The Labute approximate surface area is 120 Å². The maximum Gasteiger partial charge on any atom is 0.226 e. The van der Waals surface area contributed by atoms with Gasteiger partial charge in [-0.3, -0.25) is 4.79 Å². The average molecular weight is 294 g/mol. The van der Waals surface area contributed by atoms with Gasteiger partial charge in [-0.1, -0.05) is 6.07 Å². The highest BCUT2D eigenvalue weighted by Crippen LogP contribution is 2.18. The SMILES string of the molecule is CCOc1ccc(CNC(=O)Cc2cscn2)cc1F. The van der Waals surface area contributed by atoms with Crippen molar-refractivity contribution >= 4 is 17.2 Å². The molecule has 0 aliphatic heterocycles. The molecule has 0 saturated carbocycles. The Bertz CT molecular complexity index is 573. The highest BCUT2D eigenvalue weighted by atomic mass is 32.1. The molecule has 1 aromatic heterocycles. The van der Waals surface area contributed by atoms with E-state index in [2.05, 4.69) is 10.3 Å². The molecule has 6 heteroatoms. The molecule has 0 saturated heterocycles. The van der Waals surface area contributed by atoms with E-state index in [9.17, 15) is 9.18 Å². The number of thiazole rings is 1. The number of carbonyl (C=O) groups is 1. The standard InChI is InChI=1S/C14H15FN2O2S/c1-2-19-13-4-3-10(5-12(13)15)7-16-14(18)6-11-8-20-9-17-11/h3-5,8-9H,2,6-7H2,1H3,(H,16,18). The number of hydrogen-bond acceptors (Lipinski definition) is 4. The van der Waals surface area contributed by atoms with Gasteiger partial charge in [-0.25, -0.2) is 9.37 Å². The largest absolute Gasteiger partial charge is 0.491 e. The number of rotatable bonds is 6. The van der Waals surface area contributed by atoms with Crippen molar-refractivity contribution < 1.29 is 13.9 Å². The first-order valence-corrected chi connectivity index (χ1v) is 7.18. The molecule has 1 N–H and O–H groups in total. The van der Waals surface area contributed by atoms with E-state index in [4.69, 9.17) is 4.74 Å². The molecule has 2 rings (SSSR count). The van der Waals surface area contributed by atoms with Gasteiger partial charge in [0.25, 0.3) is 0 Å². The summed E-state index contributed by atoms with van der Waals surface area (Å²) < 4.78 is 18.7. The molecule has 0 aliphatic carbocycles. The number of carbonyl (C=O) groups excluding carboxylic acids is 1. The lowest BCUT2D eigenvalue weighted by Gasteiger charge is -2.08. The molecule has 0 fully saturated rings. The number of nitrogens with one attached hydrogen (secondary N) is 1. The van der Waals surface area contributed by atoms with Gasteiger partial charge >= 0.3 is 0 Å². The van der Waals surface area contributed by atoms with Gasteiger partial charge < -0.3 is 10.1 Å². The van der Waals surface area contributed by atoms with Gasteiger partial charge in [0.2, 0.25) is 5.91 Å². The Morgan fingerprint density at radius 2 is 2.35 bits per heavy atom. The molecule has 0 bridgehead atoms. The predicted octanol–water partition coefficient (Wildman–Crippen LogP) is 2.54. The number of amides is 1. The van der Waals surface area contributed by atoms with Crippen LogP contribution in [0, 0.1) is 5.82 Å². The second kappa shape index (κ2) is 7.00. The Hall–Kier alpha value is -1.95. The van der Waals surface area contributed by atoms with Crippen LogP contribution in [0.1, 0.15) is 18.2 Å². The van der Waals surface area contributed by atoms with Crippen molar-refractivity contribution in [1.29, 1.82) is 0 Å². The summed E-state index contributed by atoms with van der Waals surface area (Å²) in [5.41, 5.74) is 3.12. The number of nitrogens with zero attached hydrogens (tertiary/aromatic N) is 1. The normalized spacial score (nSPS) is 10.3. The quantitative estimate of drug-likeness (QED) is 0.890. The van der Waals surface area contributed by atoms with Gasteiger partial charge in [0, 0.05) is 11.9 Å². The molecule has 0 radical (unpaired) electrons. The fraction of sp³-hybridized carbons (Fsp3) is 0.286. The minimum absolute atomic E-state index is 0.134. The van der Waals surface area contributed by atoms with Crippen LogP contribution in [0.4, 0.5) is 4.39 Å². The van der Waals surface area contributed by atoms with Gasteiger partial charge in [0.05, 0.1) is 24.2 Å². The molecule has 1 aromatic carbocycles. The molecule has 0 atom stereocenters. The second-order valence-electron chi connectivity index (χ2n) is 4.13. The Morgan fingerprint density at radius 3 is 3.00 bits per heavy atom. The van der Waals surface area contributed by atoms with Gasteiger partial charge in [0.1, 0.15) is 0 Å². The van der Waals surface area contributed by atoms with Crippen molar-refractivity contribution in [3.8, 4) is 5.75 Å². The van der Waals surface area contributed by atoms with Crippen LogP contribution in [-0.2, 0) is 17.8 Å².